The average Bonchev–Trinajstić information content (AvgIpc) is 3.02. The van der Waals surface area contributed by atoms with E-state index in [9.17, 15) is 14.7 Å². The van der Waals surface area contributed by atoms with Gasteiger partial charge in [-0.3, -0.25) is 9.59 Å². The summed E-state index contributed by atoms with van der Waals surface area (Å²) in [4.78, 5) is 24.3. The smallest absolute Gasteiger partial charge is 0.306 e. The average molecular weight is 324 g/mol. The van der Waals surface area contributed by atoms with Crippen LogP contribution in [0, 0.1) is 0 Å². The molecule has 0 aromatic carbocycles. The minimum atomic E-state index is -0.657. The van der Waals surface area contributed by atoms with Crippen molar-refractivity contribution in [3.05, 3.63) is 50.2 Å². The Morgan fingerprint density at radius 3 is 2.86 bits per heavy atom. The molecular weight excluding hydrogens is 308 g/mol. The van der Waals surface area contributed by atoms with Crippen LogP contribution in [0.25, 0.3) is 0 Å². The SMILES string of the molecule is CCOC(=O)CC(c1cccs1)c1oc(CO)cc(=O)c1O. The molecule has 118 valence electrons. The van der Waals surface area contributed by atoms with Gasteiger partial charge in [0.05, 0.1) is 18.9 Å². The zero-order valence-corrected chi connectivity index (χ0v) is 12.8. The minimum Gasteiger partial charge on any atom is -0.502 e. The van der Waals surface area contributed by atoms with E-state index in [1.165, 1.54) is 11.3 Å². The molecule has 2 aromatic rings. The summed E-state index contributed by atoms with van der Waals surface area (Å²) in [5.41, 5.74) is -0.657. The first-order valence-electron chi connectivity index (χ1n) is 6.72. The highest BCUT2D eigenvalue weighted by Crippen LogP contribution is 2.35. The zero-order chi connectivity index (χ0) is 16.1. The van der Waals surface area contributed by atoms with E-state index in [0.29, 0.717) is 0 Å². The lowest BCUT2D eigenvalue weighted by Crippen LogP contribution is -2.14. The van der Waals surface area contributed by atoms with Crippen LogP contribution < -0.4 is 5.43 Å². The zero-order valence-electron chi connectivity index (χ0n) is 11.9. The second kappa shape index (κ2) is 7.24. The number of aliphatic hydroxyl groups excluding tert-OH is 1. The molecule has 1 unspecified atom stereocenters. The van der Waals surface area contributed by atoms with Crippen molar-refractivity contribution in [3.63, 3.8) is 0 Å². The highest BCUT2D eigenvalue weighted by Gasteiger charge is 2.27. The molecule has 2 rings (SSSR count). The number of aliphatic hydroxyl groups is 1. The van der Waals surface area contributed by atoms with Gasteiger partial charge >= 0.3 is 5.97 Å². The van der Waals surface area contributed by atoms with Crippen LogP contribution in [0.4, 0.5) is 0 Å². The Labute approximate surface area is 130 Å². The molecule has 0 amide bonds. The normalized spacial score (nSPS) is 12.1. The van der Waals surface area contributed by atoms with Gasteiger partial charge in [0.15, 0.2) is 5.76 Å². The van der Waals surface area contributed by atoms with Crippen molar-refractivity contribution in [2.24, 2.45) is 0 Å². The predicted octanol–water partition coefficient (Wildman–Crippen LogP) is 1.98. The fourth-order valence-electron chi connectivity index (χ4n) is 2.07. The summed E-state index contributed by atoms with van der Waals surface area (Å²) >= 11 is 1.37. The van der Waals surface area contributed by atoms with Crippen LogP contribution >= 0.6 is 11.3 Å². The Bertz CT molecular complexity index is 689. The molecular formula is C15H16O6S. The van der Waals surface area contributed by atoms with Crippen LogP contribution in [-0.4, -0.2) is 22.8 Å². The van der Waals surface area contributed by atoms with Crippen LogP contribution in [0.1, 0.15) is 35.7 Å². The third-order valence-electron chi connectivity index (χ3n) is 3.03. The molecule has 2 heterocycles. The molecule has 0 radical (unpaired) electrons. The van der Waals surface area contributed by atoms with Crippen molar-refractivity contribution in [1.29, 1.82) is 0 Å². The summed E-state index contributed by atoms with van der Waals surface area (Å²) < 4.78 is 10.3. The largest absolute Gasteiger partial charge is 0.502 e. The number of hydrogen-bond acceptors (Lipinski definition) is 7. The summed E-state index contributed by atoms with van der Waals surface area (Å²) in [5, 5.41) is 21.0. The van der Waals surface area contributed by atoms with Gasteiger partial charge in [0.25, 0.3) is 0 Å². The van der Waals surface area contributed by atoms with Crippen LogP contribution in [0.3, 0.4) is 0 Å². The van der Waals surface area contributed by atoms with Crippen molar-refractivity contribution < 1.29 is 24.2 Å². The molecule has 0 saturated carbocycles. The number of carbonyl (C=O) groups is 1. The van der Waals surface area contributed by atoms with Gasteiger partial charge < -0.3 is 19.4 Å². The quantitative estimate of drug-likeness (QED) is 0.789. The highest BCUT2D eigenvalue weighted by atomic mass is 32.1. The Kier molecular flexibility index (Phi) is 5.35. The molecule has 0 aliphatic carbocycles. The molecule has 0 aliphatic rings. The maximum Gasteiger partial charge on any atom is 0.306 e. The first-order valence-corrected chi connectivity index (χ1v) is 7.60. The van der Waals surface area contributed by atoms with Gasteiger partial charge in [-0.15, -0.1) is 11.3 Å². The van der Waals surface area contributed by atoms with Gasteiger partial charge in [-0.25, -0.2) is 0 Å². The Hall–Kier alpha value is -2.12. The lowest BCUT2D eigenvalue weighted by Gasteiger charge is -2.15. The lowest BCUT2D eigenvalue weighted by atomic mass is 9.99. The number of aromatic hydroxyl groups is 1. The lowest BCUT2D eigenvalue weighted by molar-refractivity contribution is -0.143. The van der Waals surface area contributed by atoms with Gasteiger partial charge in [0.2, 0.25) is 11.2 Å². The molecule has 0 fully saturated rings. The molecule has 2 aromatic heterocycles. The summed E-state index contributed by atoms with van der Waals surface area (Å²) in [5.74, 6) is -1.66. The number of hydrogen-bond donors (Lipinski definition) is 2. The third-order valence-corrected chi connectivity index (χ3v) is 4.02. The third kappa shape index (κ3) is 3.55. The molecule has 1 atom stereocenters. The monoisotopic (exact) mass is 324 g/mol. The van der Waals surface area contributed by atoms with Gasteiger partial charge in [-0.2, -0.15) is 0 Å². The van der Waals surface area contributed by atoms with E-state index in [1.54, 1.807) is 19.1 Å². The second-order valence-electron chi connectivity index (χ2n) is 4.53. The number of carbonyl (C=O) groups excluding carboxylic acids is 1. The Morgan fingerprint density at radius 1 is 1.50 bits per heavy atom. The molecule has 0 saturated heterocycles. The molecule has 22 heavy (non-hydrogen) atoms. The molecule has 2 N–H and O–H groups in total. The fraction of sp³-hybridized carbons (Fsp3) is 0.333. The molecule has 7 heteroatoms. The standard InChI is InChI=1S/C15H16O6S/c1-2-20-13(18)7-10(12-4-3-5-22-12)15-14(19)11(17)6-9(8-16)21-15/h3-6,10,16,19H,2,7-8H2,1H3. The summed E-state index contributed by atoms with van der Waals surface area (Å²) in [7, 11) is 0. The van der Waals surface area contributed by atoms with Gasteiger partial charge in [0.1, 0.15) is 12.4 Å². The minimum absolute atomic E-state index is 0.0308. The van der Waals surface area contributed by atoms with E-state index >= 15 is 0 Å². The number of thiophene rings is 1. The number of ether oxygens (including phenoxy) is 1. The van der Waals surface area contributed by atoms with Crippen LogP contribution in [0.15, 0.2) is 32.8 Å². The van der Waals surface area contributed by atoms with Crippen molar-refractivity contribution in [3.8, 4) is 5.75 Å². The molecule has 0 aliphatic heterocycles. The van der Waals surface area contributed by atoms with Gasteiger partial charge in [0, 0.05) is 10.9 Å². The maximum absolute atomic E-state index is 11.8. The topological polar surface area (TPSA) is 97.0 Å². The first-order chi connectivity index (χ1) is 10.6. The molecule has 0 spiro atoms. The van der Waals surface area contributed by atoms with E-state index in [-0.39, 0.29) is 24.5 Å². The highest BCUT2D eigenvalue weighted by molar-refractivity contribution is 7.10. The number of rotatable bonds is 6. The van der Waals surface area contributed by atoms with E-state index in [1.807, 2.05) is 5.38 Å². The number of esters is 1. The summed E-state index contributed by atoms with van der Waals surface area (Å²) in [6.45, 7) is 1.46. The van der Waals surface area contributed by atoms with Crippen LogP contribution in [0.2, 0.25) is 0 Å². The Morgan fingerprint density at radius 2 is 2.27 bits per heavy atom. The van der Waals surface area contributed by atoms with E-state index in [4.69, 9.17) is 14.3 Å². The van der Waals surface area contributed by atoms with Crippen molar-refractivity contribution >= 4 is 17.3 Å². The van der Waals surface area contributed by atoms with Crippen molar-refractivity contribution in [2.75, 3.05) is 6.61 Å². The Balaban J connectivity index is 2.47. The van der Waals surface area contributed by atoms with Crippen LogP contribution in [0.5, 0.6) is 5.75 Å². The molecule has 6 nitrogen and oxygen atoms in total. The van der Waals surface area contributed by atoms with Crippen molar-refractivity contribution in [2.45, 2.75) is 25.9 Å². The van der Waals surface area contributed by atoms with Gasteiger partial charge in [-0.1, -0.05) is 6.07 Å². The summed E-state index contributed by atoms with van der Waals surface area (Å²) in [6, 6.07) is 4.59. The second-order valence-corrected chi connectivity index (χ2v) is 5.50. The van der Waals surface area contributed by atoms with Crippen molar-refractivity contribution in [1.82, 2.24) is 0 Å². The van der Waals surface area contributed by atoms with E-state index < -0.39 is 29.7 Å². The van der Waals surface area contributed by atoms with Crippen LogP contribution in [-0.2, 0) is 16.1 Å². The first kappa shape index (κ1) is 16.3. The van der Waals surface area contributed by atoms with E-state index in [0.717, 1.165) is 10.9 Å². The molecule has 0 bridgehead atoms. The predicted molar refractivity (Wildman–Crippen MR) is 80.0 cm³/mol. The maximum atomic E-state index is 11.8. The fourth-order valence-corrected chi connectivity index (χ4v) is 2.89. The van der Waals surface area contributed by atoms with Gasteiger partial charge in [-0.05, 0) is 18.4 Å². The summed E-state index contributed by atoms with van der Waals surface area (Å²) in [6.07, 6.45) is -0.0697. The van der Waals surface area contributed by atoms with E-state index in [2.05, 4.69) is 0 Å².